The zero-order chi connectivity index (χ0) is 90.5. The molecule has 0 atom stereocenters. The van der Waals surface area contributed by atoms with Crippen molar-refractivity contribution in [3.05, 3.63) is 419 Å². The molecule has 27 heteroatoms. The van der Waals surface area contributed by atoms with E-state index in [9.17, 15) is 61.3 Å². The van der Waals surface area contributed by atoms with Crippen LogP contribution >= 0.6 is 108 Å². The van der Waals surface area contributed by atoms with E-state index in [0.29, 0.717) is 73.4 Å². The SMILES string of the molecule is [Be+2].[Be+2].[Ca+2].[Ca+2].[Mg+2].[Mg+2].[O-]c1ccc(-c2ccccc2)cc1Sc1cc(-c2ccccc2)ccc1[O-].[O-]c1ccc(-c2ccccc2)cc1Sc1cc(-c2ccccc2)ccc1[O-].[O-]c1ccc(-c2ccccc2)cc1Sc1cc(-c2ccccc2)ccc1[O-].[O-]c1ccccc1Sc1cccc(S)c1[O-].[O-]c1ccccc1Sc1cccc(S)c1[O-].[O-]c1ccccc1Sc1cccc(S)c1[O-]. The first kappa shape index (κ1) is 113. The normalized spacial score (nSPS) is 10.1. The third kappa shape index (κ3) is 32.9. The molecule has 0 unspecified atom stereocenters. The van der Waals surface area contributed by atoms with E-state index in [4.69, 9.17) is 0 Å². The fraction of sp³-hybridized carbons (Fsp3) is 0. The maximum Gasteiger partial charge on any atom is 2.00 e. The Balaban J connectivity index is 0.000000222. The van der Waals surface area contributed by atoms with Gasteiger partial charge in [0.15, 0.2) is 0 Å². The van der Waals surface area contributed by atoms with Crippen molar-refractivity contribution in [2.75, 3.05) is 0 Å². The molecule has 18 aromatic rings. The summed E-state index contributed by atoms with van der Waals surface area (Å²) in [6, 6.07) is 126. The molecule has 18 rings (SSSR count). The first-order chi connectivity index (χ1) is 62.7. The van der Waals surface area contributed by atoms with Crippen LogP contribution in [0, 0.1) is 0 Å². The maximum absolute atomic E-state index is 12.4. The Morgan fingerprint density at radius 3 is 0.452 bits per heavy atom. The van der Waals surface area contributed by atoms with Gasteiger partial charge in [0.1, 0.15) is 0 Å². The fourth-order valence-corrected chi connectivity index (χ4v) is 18.8. The van der Waals surface area contributed by atoms with Crippen molar-refractivity contribution >= 4 is 250 Å². The second-order valence-corrected chi connectivity index (χ2v) is 35.9. The van der Waals surface area contributed by atoms with E-state index < -0.39 is 0 Å². The molecule has 0 bridgehead atoms. The summed E-state index contributed by atoms with van der Waals surface area (Å²) in [5.74, 6) is -1.11. The van der Waals surface area contributed by atoms with Crippen LogP contribution in [0.25, 0.3) is 66.8 Å². The molecule has 0 fully saturated rings. The van der Waals surface area contributed by atoms with E-state index in [2.05, 4.69) is 37.9 Å². The van der Waals surface area contributed by atoms with Gasteiger partial charge in [0.25, 0.3) is 0 Å². The zero-order valence-electron chi connectivity index (χ0n) is 72.3. The summed E-state index contributed by atoms with van der Waals surface area (Å²) in [6.07, 6.45) is 0. The molecule has 0 aliphatic carbocycles. The third-order valence-electron chi connectivity index (χ3n) is 19.0. The number of para-hydroxylation sites is 6. The molecular formula is C108H72Be2Ca2Mg2O12S9. The van der Waals surface area contributed by atoms with Crippen LogP contribution in [0.1, 0.15) is 0 Å². The molecule has 135 heavy (non-hydrogen) atoms. The molecule has 0 saturated carbocycles. The van der Waals surface area contributed by atoms with Crippen molar-refractivity contribution in [1.29, 1.82) is 0 Å². The quantitative estimate of drug-likeness (QED) is 0.0532. The second-order valence-electron chi connectivity index (χ2n) is 27.9. The van der Waals surface area contributed by atoms with Crippen molar-refractivity contribution in [3.8, 4) is 136 Å². The molecule has 0 aromatic heterocycles. The van der Waals surface area contributed by atoms with Crippen LogP contribution in [0.3, 0.4) is 0 Å². The summed E-state index contributed by atoms with van der Waals surface area (Å²) < 4.78 is 0. The number of rotatable bonds is 18. The van der Waals surface area contributed by atoms with E-state index in [1.165, 1.54) is 88.8 Å². The molecular weight excluding hydrogens is 1920 g/mol. The van der Waals surface area contributed by atoms with Gasteiger partial charge in [-0.05, 0) is 172 Å². The van der Waals surface area contributed by atoms with Gasteiger partial charge in [-0.15, -0.1) is 37.9 Å². The molecule has 0 radical (unpaired) electrons. The van der Waals surface area contributed by atoms with Gasteiger partial charge < -0.3 is 61.3 Å². The number of benzene rings is 18. The maximum atomic E-state index is 12.4. The Bertz CT molecular complexity index is 5910. The van der Waals surface area contributed by atoms with Gasteiger partial charge in [-0.25, -0.2) is 0 Å². The summed E-state index contributed by atoms with van der Waals surface area (Å²) >= 11 is 19.4. The number of hydrogen-bond donors (Lipinski definition) is 3. The Hall–Kier alpha value is -8.90. The molecule has 642 valence electrons. The molecule has 0 aliphatic heterocycles. The average Bonchev–Trinajstić information content (AvgIpc) is 0.816. The topological polar surface area (TPSA) is 277 Å². The van der Waals surface area contributed by atoms with Crippen LogP contribution in [-0.2, 0) is 0 Å². The number of hydrogen-bond acceptors (Lipinski definition) is 21. The van der Waals surface area contributed by atoms with Gasteiger partial charge in [-0.3, -0.25) is 0 Å². The predicted octanol–water partition coefficient (Wildman–Crippen LogP) is 20.5. The second kappa shape index (κ2) is 57.5. The summed E-state index contributed by atoms with van der Waals surface area (Å²) in [5.41, 5.74) is 12.0. The minimum absolute atomic E-state index is 0. The van der Waals surface area contributed by atoms with Crippen LogP contribution in [0.2, 0.25) is 0 Å². The summed E-state index contributed by atoms with van der Waals surface area (Å²) in [7, 11) is 0. The van der Waals surface area contributed by atoms with Crippen molar-refractivity contribution in [2.45, 2.75) is 73.4 Å². The molecule has 0 aliphatic rings. The number of thiol groups is 3. The van der Waals surface area contributed by atoms with E-state index in [1.54, 1.807) is 146 Å². The summed E-state index contributed by atoms with van der Waals surface area (Å²) in [6.45, 7) is 0. The van der Waals surface area contributed by atoms with Crippen LogP contribution in [0.5, 0.6) is 69.0 Å². The van der Waals surface area contributed by atoms with Gasteiger partial charge in [0.2, 0.25) is 0 Å². The van der Waals surface area contributed by atoms with Crippen molar-refractivity contribution in [1.82, 2.24) is 0 Å². The van der Waals surface area contributed by atoms with Crippen molar-refractivity contribution in [2.24, 2.45) is 0 Å². The molecule has 12 nitrogen and oxygen atoms in total. The van der Waals surface area contributed by atoms with E-state index >= 15 is 0 Å². The first-order valence-electron chi connectivity index (χ1n) is 39.7. The minimum atomic E-state index is -0.140. The monoisotopic (exact) mass is 1990 g/mol. The van der Waals surface area contributed by atoms with Gasteiger partial charge in [-0.1, -0.05) is 467 Å². The standard InChI is InChI=1S/3C24H18O2S.3C12H10O2S2.2Be.2Ca.2Mg/c3*25-21-13-11-19(17-7-3-1-4-8-17)15-23(21)27-24-16-20(12-14-22(24)26)18-9-5-2-6-10-18;3*13-8-4-1-2-6-10(8)16-11-7-3-5-9(15)12(11)14;;;;;;/h3*1-16,25-26H;3*1-7,13-15H;;;;;;/q;;;;;;6*+2/p-12. The smallest absolute Gasteiger partial charge is 0.872 e. The van der Waals surface area contributed by atoms with Gasteiger partial charge in [0.05, 0.1) is 0 Å². The fourth-order valence-electron chi connectivity index (χ4n) is 12.5. The van der Waals surface area contributed by atoms with Crippen LogP contribution < -0.4 is 61.3 Å². The summed E-state index contributed by atoms with van der Waals surface area (Å²) in [5, 5.41) is 144. The van der Waals surface area contributed by atoms with Crippen LogP contribution in [-0.4, -0.2) is 142 Å². The van der Waals surface area contributed by atoms with E-state index in [0.717, 1.165) is 66.8 Å². The van der Waals surface area contributed by atoms with Crippen molar-refractivity contribution < 1.29 is 61.3 Å². The molecule has 0 N–H and O–H groups in total. The molecule has 18 aromatic carbocycles. The molecule has 0 saturated heterocycles. The van der Waals surface area contributed by atoms with E-state index in [-0.39, 0.29) is 211 Å². The molecule has 0 spiro atoms. The van der Waals surface area contributed by atoms with Crippen LogP contribution in [0.4, 0.5) is 0 Å². The van der Waals surface area contributed by atoms with Crippen molar-refractivity contribution in [3.63, 3.8) is 0 Å². The Labute approximate surface area is 927 Å². The van der Waals surface area contributed by atoms with Gasteiger partial charge >= 0.3 is 142 Å². The van der Waals surface area contributed by atoms with Crippen LogP contribution in [0.15, 0.2) is 492 Å². The van der Waals surface area contributed by atoms with Gasteiger partial charge in [0, 0.05) is 58.7 Å². The Morgan fingerprint density at radius 2 is 0.281 bits per heavy atom. The van der Waals surface area contributed by atoms with Gasteiger partial charge in [-0.2, -0.15) is 0 Å². The third-order valence-corrected chi connectivity index (χ3v) is 26.6. The molecule has 0 heterocycles. The summed E-state index contributed by atoms with van der Waals surface area (Å²) in [4.78, 5) is 7.75. The predicted molar refractivity (Wildman–Crippen MR) is 544 cm³/mol. The Kier molecular flexibility index (Phi) is 48.1. The first-order valence-corrected chi connectivity index (χ1v) is 45.9. The average molecular weight is 2000 g/mol. The minimum Gasteiger partial charge on any atom is -0.872 e. The largest absolute Gasteiger partial charge is 2.00 e. The molecule has 0 amide bonds. The Morgan fingerprint density at radius 1 is 0.141 bits per heavy atom. The van der Waals surface area contributed by atoms with E-state index in [1.807, 2.05) is 255 Å². The zero-order valence-corrected chi connectivity index (χ0v) is 87.1.